The number of piperidine rings is 1. The summed E-state index contributed by atoms with van der Waals surface area (Å²) >= 11 is 6.10. The molecule has 0 unspecified atom stereocenters. The van der Waals surface area contributed by atoms with Gasteiger partial charge < -0.3 is 10.2 Å². The Balaban J connectivity index is 1.90. The highest BCUT2D eigenvalue weighted by atomic mass is 35.5. The van der Waals surface area contributed by atoms with E-state index in [9.17, 15) is 4.79 Å². The molecule has 1 N–H and O–H groups in total. The van der Waals surface area contributed by atoms with Crippen LogP contribution in [0.15, 0.2) is 18.2 Å². The first-order valence-electron chi connectivity index (χ1n) is 6.99. The van der Waals surface area contributed by atoms with Crippen molar-refractivity contribution in [2.45, 2.75) is 31.6 Å². The van der Waals surface area contributed by atoms with Crippen LogP contribution in [0.1, 0.15) is 31.7 Å². The number of amides is 1. The molecule has 2 aliphatic rings. The summed E-state index contributed by atoms with van der Waals surface area (Å²) in [7, 11) is 0. The van der Waals surface area contributed by atoms with Crippen molar-refractivity contribution in [2.24, 2.45) is 0 Å². The molecule has 19 heavy (non-hydrogen) atoms. The zero-order valence-electron chi connectivity index (χ0n) is 11.2. The van der Waals surface area contributed by atoms with Crippen LogP contribution in [0.2, 0.25) is 5.02 Å². The quantitative estimate of drug-likeness (QED) is 0.902. The molecule has 1 saturated heterocycles. The second kappa shape index (κ2) is 4.80. The van der Waals surface area contributed by atoms with Gasteiger partial charge in [-0.05, 0) is 62.7 Å². The second-order valence-electron chi connectivity index (χ2n) is 5.57. The van der Waals surface area contributed by atoms with E-state index >= 15 is 0 Å². The zero-order valence-corrected chi connectivity index (χ0v) is 12.0. The van der Waals surface area contributed by atoms with Gasteiger partial charge in [0.05, 0.1) is 5.41 Å². The van der Waals surface area contributed by atoms with Crippen LogP contribution in [0.25, 0.3) is 0 Å². The molecule has 1 amide bonds. The molecule has 0 radical (unpaired) electrons. The van der Waals surface area contributed by atoms with Crippen molar-refractivity contribution in [2.75, 3.05) is 25.0 Å². The highest BCUT2D eigenvalue weighted by Crippen LogP contribution is 2.45. The van der Waals surface area contributed by atoms with Crippen LogP contribution in [-0.2, 0) is 10.2 Å². The number of benzene rings is 1. The van der Waals surface area contributed by atoms with Gasteiger partial charge in [-0.1, -0.05) is 18.5 Å². The Morgan fingerprint density at radius 1 is 1.37 bits per heavy atom. The summed E-state index contributed by atoms with van der Waals surface area (Å²) in [5.41, 5.74) is 1.70. The third kappa shape index (κ3) is 2.05. The van der Waals surface area contributed by atoms with Crippen LogP contribution in [0.5, 0.6) is 0 Å². The predicted octanol–water partition coefficient (Wildman–Crippen LogP) is 3.04. The minimum atomic E-state index is -0.343. The molecule has 2 aliphatic heterocycles. The fraction of sp³-hybridized carbons (Fsp3) is 0.533. The van der Waals surface area contributed by atoms with E-state index in [0.29, 0.717) is 5.02 Å². The first-order chi connectivity index (χ1) is 9.15. The number of nitrogens with one attached hydrogen (secondary N) is 1. The number of halogens is 1. The maximum absolute atomic E-state index is 12.4. The second-order valence-corrected chi connectivity index (χ2v) is 6.00. The summed E-state index contributed by atoms with van der Waals surface area (Å²) in [4.78, 5) is 14.9. The van der Waals surface area contributed by atoms with Gasteiger partial charge in [-0.15, -0.1) is 0 Å². The average molecular weight is 279 g/mol. The summed E-state index contributed by atoms with van der Waals surface area (Å²) in [5, 5.41) is 3.73. The van der Waals surface area contributed by atoms with Crippen molar-refractivity contribution in [1.29, 1.82) is 0 Å². The number of hydrogen-bond donors (Lipinski definition) is 1. The summed E-state index contributed by atoms with van der Waals surface area (Å²) in [6.07, 6.45) is 2.96. The van der Waals surface area contributed by atoms with E-state index < -0.39 is 0 Å². The third-order valence-corrected chi connectivity index (χ3v) is 4.66. The van der Waals surface area contributed by atoms with Crippen LogP contribution in [-0.4, -0.2) is 30.4 Å². The van der Waals surface area contributed by atoms with E-state index in [1.54, 1.807) is 0 Å². The van der Waals surface area contributed by atoms with Gasteiger partial charge in [0.25, 0.3) is 0 Å². The molecule has 3 nitrogen and oxygen atoms in total. The Morgan fingerprint density at radius 3 is 2.79 bits per heavy atom. The third-order valence-electron chi connectivity index (χ3n) is 4.43. The van der Waals surface area contributed by atoms with Crippen molar-refractivity contribution in [3.8, 4) is 0 Å². The van der Waals surface area contributed by atoms with Crippen LogP contribution in [0.3, 0.4) is 0 Å². The molecule has 0 saturated carbocycles. The molecule has 2 heterocycles. The summed E-state index contributed by atoms with van der Waals surface area (Å²) in [5.74, 6) is 0.154. The van der Waals surface area contributed by atoms with Crippen LogP contribution in [0.4, 0.5) is 5.69 Å². The maximum atomic E-state index is 12.4. The SMILES string of the molecule is CCCN1CCC2(CC1)C(=O)Nc1ccc(Cl)cc12. The predicted molar refractivity (Wildman–Crippen MR) is 77.7 cm³/mol. The average Bonchev–Trinajstić information content (AvgIpc) is 2.66. The molecule has 0 aromatic heterocycles. The lowest BCUT2D eigenvalue weighted by atomic mass is 9.73. The lowest BCUT2D eigenvalue weighted by Gasteiger charge is -2.37. The number of hydrogen-bond acceptors (Lipinski definition) is 2. The fourth-order valence-corrected chi connectivity index (χ4v) is 3.53. The van der Waals surface area contributed by atoms with Gasteiger partial charge in [0.2, 0.25) is 5.91 Å². The zero-order chi connectivity index (χ0) is 13.5. The molecule has 1 aromatic carbocycles. The van der Waals surface area contributed by atoms with Gasteiger partial charge in [-0.2, -0.15) is 0 Å². The number of anilines is 1. The molecule has 3 rings (SSSR count). The Morgan fingerprint density at radius 2 is 2.11 bits per heavy atom. The van der Waals surface area contributed by atoms with Gasteiger partial charge in [0, 0.05) is 10.7 Å². The molecule has 1 fully saturated rings. The highest BCUT2D eigenvalue weighted by Gasteiger charge is 2.48. The number of carbonyl (C=O) groups excluding carboxylic acids is 1. The summed E-state index contributed by atoms with van der Waals surface area (Å²) < 4.78 is 0. The first kappa shape index (κ1) is 12.9. The number of rotatable bonds is 2. The van der Waals surface area contributed by atoms with E-state index in [0.717, 1.165) is 43.7 Å². The Hall–Kier alpha value is -1.06. The number of fused-ring (bicyclic) bond motifs is 2. The topological polar surface area (TPSA) is 32.3 Å². The van der Waals surface area contributed by atoms with Crippen molar-refractivity contribution >= 4 is 23.2 Å². The van der Waals surface area contributed by atoms with E-state index in [-0.39, 0.29) is 11.3 Å². The summed E-state index contributed by atoms with van der Waals surface area (Å²) in [6.45, 7) is 5.31. The minimum absolute atomic E-state index is 0.154. The van der Waals surface area contributed by atoms with E-state index in [2.05, 4.69) is 17.1 Å². The molecule has 1 spiro atoms. The smallest absolute Gasteiger partial charge is 0.235 e. The van der Waals surface area contributed by atoms with E-state index in [1.807, 2.05) is 18.2 Å². The van der Waals surface area contributed by atoms with Crippen LogP contribution >= 0.6 is 11.6 Å². The van der Waals surface area contributed by atoms with Crippen molar-refractivity contribution in [3.05, 3.63) is 28.8 Å². The lowest BCUT2D eigenvalue weighted by molar-refractivity contribution is -0.122. The number of nitrogens with zero attached hydrogens (tertiary/aromatic N) is 1. The highest BCUT2D eigenvalue weighted by molar-refractivity contribution is 6.31. The Bertz CT molecular complexity index is 507. The Kier molecular flexibility index (Phi) is 3.27. The van der Waals surface area contributed by atoms with Gasteiger partial charge >= 0.3 is 0 Å². The summed E-state index contributed by atoms with van der Waals surface area (Å²) in [6, 6.07) is 5.72. The molecule has 0 aliphatic carbocycles. The molecule has 1 aromatic rings. The number of carbonyl (C=O) groups is 1. The first-order valence-corrected chi connectivity index (χ1v) is 7.37. The molecule has 0 atom stereocenters. The number of likely N-dealkylation sites (tertiary alicyclic amines) is 1. The molecule has 102 valence electrons. The largest absolute Gasteiger partial charge is 0.325 e. The van der Waals surface area contributed by atoms with Crippen LogP contribution in [0, 0.1) is 0 Å². The molecule has 4 heteroatoms. The van der Waals surface area contributed by atoms with Crippen molar-refractivity contribution in [1.82, 2.24) is 4.90 Å². The molecular weight excluding hydrogens is 260 g/mol. The fourth-order valence-electron chi connectivity index (χ4n) is 3.36. The standard InChI is InChI=1S/C15H19ClN2O/c1-2-7-18-8-5-15(6-9-18)12-10-11(16)3-4-13(12)17-14(15)19/h3-4,10H,2,5-9H2,1H3,(H,17,19). The Labute approximate surface area is 118 Å². The maximum Gasteiger partial charge on any atom is 0.235 e. The normalized spacial score (nSPS) is 21.5. The van der Waals surface area contributed by atoms with Gasteiger partial charge in [0.1, 0.15) is 0 Å². The van der Waals surface area contributed by atoms with E-state index in [4.69, 9.17) is 11.6 Å². The monoisotopic (exact) mass is 278 g/mol. The van der Waals surface area contributed by atoms with Gasteiger partial charge in [-0.3, -0.25) is 4.79 Å². The molecular formula is C15H19ClN2O. The minimum Gasteiger partial charge on any atom is -0.325 e. The lowest BCUT2D eigenvalue weighted by Crippen LogP contribution is -2.46. The van der Waals surface area contributed by atoms with Crippen molar-refractivity contribution < 1.29 is 4.79 Å². The van der Waals surface area contributed by atoms with Gasteiger partial charge in [0.15, 0.2) is 0 Å². The van der Waals surface area contributed by atoms with Crippen LogP contribution < -0.4 is 5.32 Å². The molecule has 0 bridgehead atoms. The van der Waals surface area contributed by atoms with Gasteiger partial charge in [-0.25, -0.2) is 0 Å². The van der Waals surface area contributed by atoms with E-state index in [1.165, 1.54) is 6.42 Å². The van der Waals surface area contributed by atoms with Crippen molar-refractivity contribution in [3.63, 3.8) is 0 Å².